The average molecular weight is 258 g/mol. The summed E-state index contributed by atoms with van der Waals surface area (Å²) < 4.78 is 1.99. The van der Waals surface area contributed by atoms with Crippen molar-refractivity contribution in [1.82, 2.24) is 20.0 Å². The monoisotopic (exact) mass is 258 g/mol. The highest BCUT2D eigenvalue weighted by Crippen LogP contribution is 2.20. The summed E-state index contributed by atoms with van der Waals surface area (Å²) in [5.41, 5.74) is 2.43. The largest absolute Gasteiger partial charge is 0.314 e. The molecule has 2 aromatic rings. The number of benzene rings is 1. The van der Waals surface area contributed by atoms with Crippen molar-refractivity contribution in [1.29, 1.82) is 0 Å². The molecule has 3 rings (SSSR count). The fourth-order valence-electron chi connectivity index (χ4n) is 3.01. The molecule has 1 saturated heterocycles. The second-order valence-corrected chi connectivity index (χ2v) is 5.32. The van der Waals surface area contributed by atoms with Crippen LogP contribution in [-0.2, 0) is 13.6 Å². The maximum Gasteiger partial charge on any atom is 0.0843 e. The molecular weight excluding hydrogens is 236 g/mol. The molecule has 4 nitrogen and oxygen atoms in total. The van der Waals surface area contributed by atoms with Gasteiger partial charge in [0.05, 0.1) is 11.2 Å². The van der Waals surface area contributed by atoms with Gasteiger partial charge in [-0.05, 0) is 12.5 Å². The van der Waals surface area contributed by atoms with Gasteiger partial charge in [0.25, 0.3) is 0 Å². The standard InChI is InChI=1S/C15H22N4/c1-3-12-10-16-8-9-19(12)11-14-13-6-4-5-7-15(13)18(2)17-14/h4-7,12,16H,3,8-11H2,1-2H3. The molecule has 1 N–H and O–H groups in total. The van der Waals surface area contributed by atoms with Gasteiger partial charge in [0.15, 0.2) is 0 Å². The van der Waals surface area contributed by atoms with E-state index in [0.717, 1.165) is 26.2 Å². The number of aryl methyl sites for hydroxylation is 1. The molecule has 4 heteroatoms. The molecule has 1 atom stereocenters. The Morgan fingerprint density at radius 1 is 1.37 bits per heavy atom. The molecule has 0 amide bonds. The minimum Gasteiger partial charge on any atom is -0.314 e. The number of nitrogens with one attached hydrogen (secondary N) is 1. The molecule has 0 saturated carbocycles. The molecule has 1 aliphatic heterocycles. The first-order chi connectivity index (χ1) is 9.29. The first kappa shape index (κ1) is 12.6. The third kappa shape index (κ3) is 2.38. The van der Waals surface area contributed by atoms with Crippen molar-refractivity contribution < 1.29 is 0 Å². The minimum absolute atomic E-state index is 0.634. The zero-order chi connectivity index (χ0) is 13.2. The minimum atomic E-state index is 0.634. The van der Waals surface area contributed by atoms with Crippen molar-refractivity contribution in [3.05, 3.63) is 30.0 Å². The van der Waals surface area contributed by atoms with E-state index in [-0.39, 0.29) is 0 Å². The van der Waals surface area contributed by atoms with Crippen molar-refractivity contribution in [2.45, 2.75) is 25.9 Å². The molecule has 1 fully saturated rings. The molecule has 0 radical (unpaired) electrons. The zero-order valence-corrected chi connectivity index (χ0v) is 11.8. The highest BCUT2D eigenvalue weighted by atomic mass is 15.3. The molecule has 2 heterocycles. The third-order valence-electron chi connectivity index (χ3n) is 4.13. The van der Waals surface area contributed by atoms with Crippen molar-refractivity contribution in [3.63, 3.8) is 0 Å². The van der Waals surface area contributed by atoms with Gasteiger partial charge in [-0.3, -0.25) is 9.58 Å². The third-order valence-corrected chi connectivity index (χ3v) is 4.13. The van der Waals surface area contributed by atoms with Gasteiger partial charge in [0.1, 0.15) is 0 Å². The normalized spacial score (nSPS) is 21.1. The summed E-state index contributed by atoms with van der Waals surface area (Å²) in [5, 5.41) is 9.47. The number of fused-ring (bicyclic) bond motifs is 1. The number of piperazine rings is 1. The second-order valence-electron chi connectivity index (χ2n) is 5.32. The quantitative estimate of drug-likeness (QED) is 0.910. The number of hydrogen-bond acceptors (Lipinski definition) is 3. The Kier molecular flexibility index (Phi) is 3.53. The Labute approximate surface area is 114 Å². The number of hydrogen-bond donors (Lipinski definition) is 1. The van der Waals surface area contributed by atoms with E-state index in [4.69, 9.17) is 5.10 Å². The fraction of sp³-hybridized carbons (Fsp3) is 0.533. The van der Waals surface area contributed by atoms with Crippen LogP contribution < -0.4 is 5.32 Å². The van der Waals surface area contributed by atoms with E-state index in [0.29, 0.717) is 6.04 Å². The Morgan fingerprint density at radius 2 is 2.21 bits per heavy atom. The van der Waals surface area contributed by atoms with Gasteiger partial charge in [-0.2, -0.15) is 5.10 Å². The lowest BCUT2D eigenvalue weighted by Gasteiger charge is -2.35. The Morgan fingerprint density at radius 3 is 3.05 bits per heavy atom. The van der Waals surface area contributed by atoms with E-state index in [9.17, 15) is 0 Å². The summed E-state index contributed by atoms with van der Waals surface area (Å²) in [7, 11) is 2.03. The summed E-state index contributed by atoms with van der Waals surface area (Å²) in [6.07, 6.45) is 1.19. The molecule has 0 bridgehead atoms. The van der Waals surface area contributed by atoms with Crippen LogP contribution in [0.25, 0.3) is 10.9 Å². The van der Waals surface area contributed by atoms with Crippen LogP contribution in [0.2, 0.25) is 0 Å². The molecule has 1 aliphatic rings. The molecule has 1 aromatic carbocycles. The van der Waals surface area contributed by atoms with Crippen molar-refractivity contribution in [2.24, 2.45) is 7.05 Å². The summed E-state index contributed by atoms with van der Waals surface area (Å²) in [6, 6.07) is 9.13. The molecule has 102 valence electrons. The zero-order valence-electron chi connectivity index (χ0n) is 11.8. The lowest BCUT2D eigenvalue weighted by atomic mass is 10.1. The van der Waals surface area contributed by atoms with E-state index in [1.54, 1.807) is 0 Å². The van der Waals surface area contributed by atoms with Crippen LogP contribution in [0.15, 0.2) is 24.3 Å². The van der Waals surface area contributed by atoms with Crippen molar-refractivity contribution in [2.75, 3.05) is 19.6 Å². The molecule has 19 heavy (non-hydrogen) atoms. The second kappa shape index (κ2) is 5.31. The Hall–Kier alpha value is -1.39. The predicted molar refractivity (Wildman–Crippen MR) is 78.1 cm³/mol. The highest BCUT2D eigenvalue weighted by Gasteiger charge is 2.22. The number of rotatable bonds is 3. The average Bonchev–Trinajstić information content (AvgIpc) is 2.77. The molecule has 1 unspecified atom stereocenters. The topological polar surface area (TPSA) is 33.1 Å². The van der Waals surface area contributed by atoms with Crippen LogP contribution in [0.5, 0.6) is 0 Å². The van der Waals surface area contributed by atoms with Gasteiger partial charge in [0.2, 0.25) is 0 Å². The first-order valence-corrected chi connectivity index (χ1v) is 7.15. The lowest BCUT2D eigenvalue weighted by molar-refractivity contribution is 0.147. The van der Waals surface area contributed by atoms with Crippen molar-refractivity contribution >= 4 is 10.9 Å². The van der Waals surface area contributed by atoms with Gasteiger partial charge in [-0.25, -0.2) is 0 Å². The van der Waals surface area contributed by atoms with Gasteiger partial charge < -0.3 is 5.32 Å². The fourth-order valence-corrected chi connectivity index (χ4v) is 3.01. The van der Waals surface area contributed by atoms with Crippen LogP contribution in [0.4, 0.5) is 0 Å². The van der Waals surface area contributed by atoms with Crippen LogP contribution >= 0.6 is 0 Å². The maximum absolute atomic E-state index is 4.71. The van der Waals surface area contributed by atoms with Gasteiger partial charge in [0, 0.05) is 44.7 Å². The molecule has 0 spiro atoms. The van der Waals surface area contributed by atoms with E-state index >= 15 is 0 Å². The maximum atomic E-state index is 4.71. The van der Waals surface area contributed by atoms with Crippen LogP contribution in [0.3, 0.4) is 0 Å². The van der Waals surface area contributed by atoms with E-state index in [2.05, 4.69) is 41.4 Å². The summed E-state index contributed by atoms with van der Waals surface area (Å²) in [5.74, 6) is 0. The van der Waals surface area contributed by atoms with Gasteiger partial charge in [-0.1, -0.05) is 25.1 Å². The van der Waals surface area contributed by atoms with Crippen molar-refractivity contribution in [3.8, 4) is 0 Å². The van der Waals surface area contributed by atoms with Crippen LogP contribution in [0.1, 0.15) is 19.0 Å². The van der Waals surface area contributed by atoms with E-state index < -0.39 is 0 Å². The molecule has 1 aromatic heterocycles. The van der Waals surface area contributed by atoms with Gasteiger partial charge >= 0.3 is 0 Å². The Bertz CT molecular complexity index is 560. The molecule has 0 aliphatic carbocycles. The number of nitrogens with zero attached hydrogens (tertiary/aromatic N) is 3. The summed E-state index contributed by atoms with van der Waals surface area (Å²) in [6.45, 7) is 6.52. The Balaban J connectivity index is 1.88. The summed E-state index contributed by atoms with van der Waals surface area (Å²) >= 11 is 0. The smallest absolute Gasteiger partial charge is 0.0843 e. The number of para-hydroxylation sites is 1. The molecular formula is C15H22N4. The van der Waals surface area contributed by atoms with Crippen LogP contribution in [-0.4, -0.2) is 40.4 Å². The SMILES string of the molecule is CCC1CNCCN1Cc1nn(C)c2ccccc12. The van der Waals surface area contributed by atoms with Gasteiger partial charge in [-0.15, -0.1) is 0 Å². The van der Waals surface area contributed by atoms with E-state index in [1.807, 2.05) is 11.7 Å². The lowest BCUT2D eigenvalue weighted by Crippen LogP contribution is -2.50. The van der Waals surface area contributed by atoms with Crippen LogP contribution in [0, 0.1) is 0 Å². The van der Waals surface area contributed by atoms with E-state index in [1.165, 1.54) is 23.0 Å². The first-order valence-electron chi connectivity index (χ1n) is 7.15. The number of aromatic nitrogens is 2. The summed E-state index contributed by atoms with van der Waals surface area (Å²) in [4.78, 5) is 2.56. The predicted octanol–water partition coefficient (Wildman–Crippen LogP) is 1.76. The highest BCUT2D eigenvalue weighted by molar-refractivity contribution is 5.81.